The van der Waals surface area contributed by atoms with Gasteiger partial charge in [0.2, 0.25) is 0 Å². The summed E-state index contributed by atoms with van der Waals surface area (Å²) < 4.78 is 1.18. The molecule has 1 aliphatic rings. The van der Waals surface area contributed by atoms with Crippen molar-refractivity contribution in [2.24, 2.45) is 7.05 Å². The summed E-state index contributed by atoms with van der Waals surface area (Å²) >= 11 is 0. The van der Waals surface area contributed by atoms with Crippen molar-refractivity contribution in [2.45, 2.75) is 18.9 Å². The third kappa shape index (κ3) is 3.68. The van der Waals surface area contributed by atoms with Gasteiger partial charge < -0.3 is 15.2 Å². The van der Waals surface area contributed by atoms with Gasteiger partial charge in [-0.3, -0.25) is 14.6 Å². The van der Waals surface area contributed by atoms with Crippen LogP contribution in [0.2, 0.25) is 0 Å². The number of hydrogen-bond donors (Lipinski definition) is 3. The molecule has 1 amide bonds. The Morgan fingerprint density at radius 1 is 1.47 bits per heavy atom. The molecular formula is C11H17ClN4O3. The van der Waals surface area contributed by atoms with Crippen LogP contribution >= 0.6 is 12.4 Å². The Balaban J connectivity index is 0.00000180. The maximum atomic E-state index is 11.9. The van der Waals surface area contributed by atoms with E-state index in [9.17, 15) is 14.4 Å². The molecule has 0 saturated carbocycles. The van der Waals surface area contributed by atoms with Gasteiger partial charge in [0.15, 0.2) is 0 Å². The minimum Gasteiger partial charge on any atom is -0.348 e. The lowest BCUT2D eigenvalue weighted by molar-refractivity contribution is 0.0928. The topological polar surface area (TPSA) is 96.0 Å². The number of H-pyrrole nitrogens is 1. The molecule has 2 rings (SSSR count). The van der Waals surface area contributed by atoms with E-state index >= 15 is 0 Å². The molecule has 19 heavy (non-hydrogen) atoms. The van der Waals surface area contributed by atoms with Crippen molar-refractivity contribution in [3.05, 3.63) is 32.6 Å². The number of aromatic nitrogens is 2. The highest BCUT2D eigenvalue weighted by Gasteiger charge is 2.18. The van der Waals surface area contributed by atoms with Crippen LogP contribution in [-0.2, 0) is 7.05 Å². The van der Waals surface area contributed by atoms with E-state index in [0.29, 0.717) is 6.54 Å². The molecule has 7 nitrogen and oxygen atoms in total. The summed E-state index contributed by atoms with van der Waals surface area (Å²) in [6.45, 7) is 1.65. The molecule has 0 spiro atoms. The van der Waals surface area contributed by atoms with Crippen LogP contribution in [0.15, 0.2) is 15.8 Å². The monoisotopic (exact) mass is 288 g/mol. The van der Waals surface area contributed by atoms with Crippen molar-refractivity contribution in [3.63, 3.8) is 0 Å². The van der Waals surface area contributed by atoms with Crippen molar-refractivity contribution in [3.8, 4) is 0 Å². The number of aromatic amines is 1. The maximum absolute atomic E-state index is 11.9. The van der Waals surface area contributed by atoms with Gasteiger partial charge in [-0.05, 0) is 19.4 Å². The van der Waals surface area contributed by atoms with Gasteiger partial charge in [-0.15, -0.1) is 12.4 Å². The average molecular weight is 289 g/mol. The fraction of sp³-hybridized carbons (Fsp3) is 0.545. The van der Waals surface area contributed by atoms with Crippen LogP contribution < -0.4 is 21.9 Å². The zero-order valence-corrected chi connectivity index (χ0v) is 11.4. The summed E-state index contributed by atoms with van der Waals surface area (Å²) in [6, 6.07) is 0.0304. The molecule has 0 aliphatic carbocycles. The van der Waals surface area contributed by atoms with Crippen LogP contribution in [0.5, 0.6) is 0 Å². The molecule has 0 radical (unpaired) electrons. The SMILES string of the molecule is Cl.Cn1cc(C(=O)N[C@H]2CCCNC2)c(=O)[nH]c1=O. The fourth-order valence-electron chi connectivity index (χ4n) is 1.96. The molecule has 1 aromatic rings. The highest BCUT2D eigenvalue weighted by molar-refractivity contribution is 5.93. The second-order valence-electron chi connectivity index (χ2n) is 4.43. The standard InChI is InChI=1S/C11H16N4O3.ClH/c1-15-6-8(10(17)14-11(15)18)9(16)13-7-3-2-4-12-5-7;/h6-7,12H,2-5H2,1H3,(H,13,16)(H,14,17,18);1H/t7-;/m0./s1. The van der Waals surface area contributed by atoms with Gasteiger partial charge >= 0.3 is 5.69 Å². The first-order valence-corrected chi connectivity index (χ1v) is 5.89. The van der Waals surface area contributed by atoms with Gasteiger partial charge in [-0.2, -0.15) is 0 Å². The van der Waals surface area contributed by atoms with Gasteiger partial charge in [-0.1, -0.05) is 0 Å². The summed E-state index contributed by atoms with van der Waals surface area (Å²) in [7, 11) is 1.48. The minimum absolute atomic E-state index is 0. The first kappa shape index (κ1) is 15.5. The first-order chi connectivity index (χ1) is 8.58. The summed E-state index contributed by atoms with van der Waals surface area (Å²) in [5.74, 6) is -0.444. The van der Waals surface area contributed by atoms with Crippen molar-refractivity contribution in [2.75, 3.05) is 13.1 Å². The fourth-order valence-corrected chi connectivity index (χ4v) is 1.96. The van der Waals surface area contributed by atoms with Crippen LogP contribution in [0, 0.1) is 0 Å². The number of nitrogens with one attached hydrogen (secondary N) is 3. The van der Waals surface area contributed by atoms with Crippen molar-refractivity contribution in [1.82, 2.24) is 20.2 Å². The molecular weight excluding hydrogens is 272 g/mol. The van der Waals surface area contributed by atoms with Crippen LogP contribution in [0.25, 0.3) is 0 Å². The van der Waals surface area contributed by atoms with Crippen molar-refractivity contribution in [1.29, 1.82) is 0 Å². The zero-order chi connectivity index (χ0) is 13.1. The Bertz CT molecular complexity index is 560. The largest absolute Gasteiger partial charge is 0.348 e. The number of aryl methyl sites for hydroxylation is 1. The van der Waals surface area contributed by atoms with Gasteiger partial charge in [0, 0.05) is 25.8 Å². The summed E-state index contributed by atoms with van der Waals surface area (Å²) in [5.41, 5.74) is -1.22. The molecule has 1 aliphatic heterocycles. The third-order valence-corrected chi connectivity index (χ3v) is 2.98. The quantitative estimate of drug-likeness (QED) is 0.649. The van der Waals surface area contributed by atoms with Gasteiger partial charge in [0.1, 0.15) is 5.56 Å². The minimum atomic E-state index is -0.653. The van der Waals surface area contributed by atoms with E-state index in [1.807, 2.05) is 0 Å². The van der Waals surface area contributed by atoms with Crippen LogP contribution in [0.1, 0.15) is 23.2 Å². The second-order valence-corrected chi connectivity index (χ2v) is 4.43. The molecule has 106 valence electrons. The highest BCUT2D eigenvalue weighted by Crippen LogP contribution is 2.02. The number of piperidine rings is 1. The number of carbonyl (C=O) groups excluding carboxylic acids is 1. The zero-order valence-electron chi connectivity index (χ0n) is 10.6. The maximum Gasteiger partial charge on any atom is 0.328 e. The lowest BCUT2D eigenvalue weighted by atomic mass is 10.1. The highest BCUT2D eigenvalue weighted by atomic mass is 35.5. The van der Waals surface area contributed by atoms with Crippen LogP contribution in [0.4, 0.5) is 0 Å². The van der Waals surface area contributed by atoms with Crippen LogP contribution in [-0.4, -0.2) is 34.6 Å². The lowest BCUT2D eigenvalue weighted by Crippen LogP contribution is -2.47. The molecule has 8 heteroatoms. The normalized spacial score (nSPS) is 18.5. The Hall–Kier alpha value is -1.60. The number of halogens is 1. The molecule has 1 saturated heterocycles. The predicted octanol–water partition coefficient (Wildman–Crippen LogP) is -1.02. The van der Waals surface area contributed by atoms with E-state index in [4.69, 9.17) is 0 Å². The molecule has 1 atom stereocenters. The number of carbonyl (C=O) groups is 1. The Morgan fingerprint density at radius 3 is 2.84 bits per heavy atom. The predicted molar refractivity (Wildman–Crippen MR) is 72.9 cm³/mol. The Morgan fingerprint density at radius 2 is 2.21 bits per heavy atom. The van der Waals surface area contributed by atoms with E-state index in [2.05, 4.69) is 15.6 Å². The van der Waals surface area contributed by atoms with Crippen LogP contribution in [0.3, 0.4) is 0 Å². The first-order valence-electron chi connectivity index (χ1n) is 5.89. The number of hydrogen-bond acceptors (Lipinski definition) is 4. The van der Waals surface area contributed by atoms with Gasteiger partial charge in [0.05, 0.1) is 0 Å². The molecule has 1 fully saturated rings. The van der Waals surface area contributed by atoms with E-state index in [1.54, 1.807) is 0 Å². The van der Waals surface area contributed by atoms with E-state index in [1.165, 1.54) is 17.8 Å². The third-order valence-electron chi connectivity index (χ3n) is 2.98. The molecule has 0 unspecified atom stereocenters. The average Bonchev–Trinajstić information content (AvgIpc) is 2.35. The van der Waals surface area contributed by atoms with E-state index in [0.717, 1.165) is 19.4 Å². The molecule has 0 aromatic carbocycles. The summed E-state index contributed by atoms with van der Waals surface area (Å²) in [4.78, 5) is 36.7. The second kappa shape index (κ2) is 6.53. The summed E-state index contributed by atoms with van der Waals surface area (Å²) in [6.07, 6.45) is 3.14. The van der Waals surface area contributed by atoms with Gasteiger partial charge in [-0.25, -0.2) is 4.79 Å². The molecule has 0 bridgehead atoms. The van der Waals surface area contributed by atoms with Crippen molar-refractivity contribution >= 4 is 18.3 Å². The van der Waals surface area contributed by atoms with Crippen molar-refractivity contribution < 1.29 is 4.79 Å². The van der Waals surface area contributed by atoms with E-state index < -0.39 is 17.2 Å². The smallest absolute Gasteiger partial charge is 0.328 e. The number of rotatable bonds is 2. The lowest BCUT2D eigenvalue weighted by Gasteiger charge is -2.23. The van der Waals surface area contributed by atoms with Gasteiger partial charge in [0.25, 0.3) is 11.5 Å². The van der Waals surface area contributed by atoms with E-state index in [-0.39, 0.29) is 24.0 Å². The molecule has 3 N–H and O–H groups in total. The number of amides is 1. The summed E-state index contributed by atoms with van der Waals surface area (Å²) in [5, 5.41) is 5.96. The molecule has 1 aromatic heterocycles. The Kier molecular flexibility index (Phi) is 5.31. The number of nitrogens with zero attached hydrogens (tertiary/aromatic N) is 1. The molecule has 2 heterocycles. The Labute approximate surface area is 115 Å².